The van der Waals surface area contributed by atoms with Crippen LogP contribution in [0.4, 0.5) is 0 Å². The summed E-state index contributed by atoms with van der Waals surface area (Å²) < 4.78 is 0.941. The van der Waals surface area contributed by atoms with Crippen LogP contribution in [-0.2, 0) is 9.59 Å². The first-order valence-corrected chi connectivity index (χ1v) is 8.80. The number of hydrogen-bond acceptors (Lipinski definition) is 3. The highest BCUT2D eigenvalue weighted by atomic mass is 79.9. The van der Waals surface area contributed by atoms with Crippen molar-refractivity contribution in [1.82, 2.24) is 5.01 Å². The van der Waals surface area contributed by atoms with Crippen LogP contribution in [-0.4, -0.2) is 23.0 Å². The van der Waals surface area contributed by atoms with E-state index in [-0.39, 0.29) is 35.5 Å². The van der Waals surface area contributed by atoms with E-state index in [2.05, 4.69) is 33.2 Å². The quantitative estimate of drug-likeness (QED) is 0.456. The SMILES string of the molecule is O=C1[C@@H]2[C@H]3C=C[C@@H]([C@@H]4C[C@@H]34)[C@H]2C(=O)N1/N=C\c1cccc(Br)c1. The van der Waals surface area contributed by atoms with Crippen molar-refractivity contribution in [1.29, 1.82) is 0 Å². The summed E-state index contributed by atoms with van der Waals surface area (Å²) in [6, 6.07) is 7.62. The number of benzene rings is 1. The number of halogens is 1. The molecule has 6 rings (SSSR count). The van der Waals surface area contributed by atoms with E-state index in [1.165, 1.54) is 6.42 Å². The minimum absolute atomic E-state index is 0.115. The first kappa shape index (κ1) is 13.7. The molecule has 2 saturated carbocycles. The van der Waals surface area contributed by atoms with Crippen LogP contribution in [0.2, 0.25) is 0 Å². The summed E-state index contributed by atoms with van der Waals surface area (Å²) in [5, 5.41) is 5.34. The van der Waals surface area contributed by atoms with Crippen molar-refractivity contribution in [2.45, 2.75) is 6.42 Å². The number of hydrogen-bond donors (Lipinski definition) is 0. The van der Waals surface area contributed by atoms with Gasteiger partial charge in [0.15, 0.2) is 0 Å². The standard InChI is InChI=1S/C18H15BrN2O2/c19-10-3-1-2-9(6-10)8-20-21-17(22)15-11-4-5-12(14-7-13(11)14)16(15)18(21)23/h1-6,8,11-16H,7H2/b20-8-/t11-,12-,13-,14-,15+,16+/m0/s1. The second-order valence-corrected chi connectivity index (χ2v) is 7.86. The summed E-state index contributed by atoms with van der Waals surface area (Å²) in [4.78, 5) is 25.5. The predicted molar refractivity (Wildman–Crippen MR) is 88.3 cm³/mol. The smallest absolute Gasteiger partial charge is 0.254 e. The highest BCUT2D eigenvalue weighted by Gasteiger charge is 2.67. The molecular weight excluding hydrogens is 356 g/mol. The van der Waals surface area contributed by atoms with Crippen molar-refractivity contribution in [2.24, 2.45) is 40.6 Å². The number of hydrazone groups is 1. The van der Waals surface area contributed by atoms with Crippen LogP contribution in [0.3, 0.4) is 0 Å². The van der Waals surface area contributed by atoms with Crippen LogP contribution in [0.15, 0.2) is 46.0 Å². The molecule has 4 nitrogen and oxygen atoms in total. The van der Waals surface area contributed by atoms with Gasteiger partial charge in [0.2, 0.25) is 0 Å². The normalized spacial score (nSPS) is 40.0. The monoisotopic (exact) mass is 370 g/mol. The molecule has 0 unspecified atom stereocenters. The van der Waals surface area contributed by atoms with E-state index in [4.69, 9.17) is 0 Å². The fourth-order valence-electron chi connectivity index (χ4n) is 4.77. The number of carbonyl (C=O) groups excluding carboxylic acids is 2. The number of nitrogens with zero attached hydrogens (tertiary/aromatic N) is 2. The number of amides is 2. The fraction of sp³-hybridized carbons (Fsp3) is 0.389. The molecule has 0 N–H and O–H groups in total. The summed E-state index contributed by atoms with van der Waals surface area (Å²) in [5.41, 5.74) is 0.860. The average Bonchev–Trinajstić information content (AvgIpc) is 3.32. The van der Waals surface area contributed by atoms with E-state index in [0.29, 0.717) is 11.8 Å². The van der Waals surface area contributed by atoms with Crippen LogP contribution in [0.25, 0.3) is 0 Å². The molecule has 2 amide bonds. The largest absolute Gasteiger partial charge is 0.272 e. The van der Waals surface area contributed by atoms with Gasteiger partial charge in [0.25, 0.3) is 11.8 Å². The molecular formula is C18H15BrN2O2. The lowest BCUT2D eigenvalue weighted by Gasteiger charge is -2.37. The highest BCUT2D eigenvalue weighted by molar-refractivity contribution is 9.10. The van der Waals surface area contributed by atoms with E-state index >= 15 is 0 Å². The Balaban J connectivity index is 1.45. The molecule has 1 aromatic rings. The summed E-state index contributed by atoms with van der Waals surface area (Å²) in [6.07, 6.45) is 7.12. The molecule has 2 bridgehead atoms. The van der Waals surface area contributed by atoms with Gasteiger partial charge in [0.1, 0.15) is 0 Å². The average molecular weight is 371 g/mol. The zero-order valence-electron chi connectivity index (χ0n) is 12.3. The molecule has 6 atom stereocenters. The fourth-order valence-corrected chi connectivity index (χ4v) is 5.18. The van der Waals surface area contributed by atoms with Crippen LogP contribution in [0, 0.1) is 35.5 Å². The predicted octanol–water partition coefficient (Wildman–Crippen LogP) is 2.84. The summed E-state index contributed by atoms with van der Waals surface area (Å²) >= 11 is 3.41. The number of carbonyl (C=O) groups is 2. The van der Waals surface area contributed by atoms with E-state index in [1.807, 2.05) is 24.3 Å². The Kier molecular flexibility index (Phi) is 2.75. The van der Waals surface area contributed by atoms with Crippen molar-refractivity contribution in [3.63, 3.8) is 0 Å². The second kappa shape index (κ2) is 4.63. The van der Waals surface area contributed by atoms with Crippen molar-refractivity contribution >= 4 is 34.0 Å². The van der Waals surface area contributed by atoms with Crippen LogP contribution >= 0.6 is 15.9 Å². The maximum atomic E-state index is 12.7. The lowest BCUT2D eigenvalue weighted by molar-refractivity contribution is -0.140. The number of rotatable bonds is 2. The van der Waals surface area contributed by atoms with Gasteiger partial charge in [-0.2, -0.15) is 10.1 Å². The van der Waals surface area contributed by atoms with Crippen LogP contribution in [0.5, 0.6) is 0 Å². The maximum Gasteiger partial charge on any atom is 0.254 e. The topological polar surface area (TPSA) is 49.7 Å². The van der Waals surface area contributed by atoms with Crippen molar-refractivity contribution < 1.29 is 9.59 Å². The van der Waals surface area contributed by atoms with E-state index < -0.39 is 0 Å². The number of allylic oxidation sites excluding steroid dienone is 2. The lowest BCUT2D eigenvalue weighted by Crippen LogP contribution is -2.40. The van der Waals surface area contributed by atoms with Crippen LogP contribution in [0.1, 0.15) is 12.0 Å². The third-order valence-corrected chi connectivity index (χ3v) is 6.30. The molecule has 1 aliphatic heterocycles. The Bertz CT molecular complexity index is 751. The summed E-state index contributed by atoms with van der Waals surface area (Å²) in [5.74, 6) is 1.15. The van der Waals surface area contributed by atoms with Gasteiger partial charge in [0, 0.05) is 4.47 Å². The molecule has 5 heteroatoms. The number of imide groups is 1. The van der Waals surface area contributed by atoms with E-state index in [1.54, 1.807) is 6.21 Å². The Morgan fingerprint density at radius 2 is 1.74 bits per heavy atom. The molecule has 5 aliphatic rings. The lowest BCUT2D eigenvalue weighted by atomic mass is 9.63. The molecule has 116 valence electrons. The molecule has 23 heavy (non-hydrogen) atoms. The minimum Gasteiger partial charge on any atom is -0.272 e. The van der Waals surface area contributed by atoms with Gasteiger partial charge in [-0.05, 0) is 47.8 Å². The third kappa shape index (κ3) is 1.86. The molecule has 0 radical (unpaired) electrons. The van der Waals surface area contributed by atoms with Gasteiger partial charge < -0.3 is 0 Å². The Morgan fingerprint density at radius 3 is 2.35 bits per heavy atom. The van der Waals surface area contributed by atoms with Crippen LogP contribution < -0.4 is 0 Å². The molecule has 1 saturated heterocycles. The molecule has 3 fully saturated rings. The second-order valence-electron chi connectivity index (χ2n) is 6.94. The molecule has 1 heterocycles. The molecule has 1 aromatic carbocycles. The van der Waals surface area contributed by atoms with Gasteiger partial charge in [-0.3, -0.25) is 9.59 Å². The first-order chi connectivity index (χ1) is 11.1. The molecule has 4 aliphatic carbocycles. The van der Waals surface area contributed by atoms with Crippen molar-refractivity contribution in [3.05, 3.63) is 46.5 Å². The Hall–Kier alpha value is -1.75. The van der Waals surface area contributed by atoms with Crippen molar-refractivity contribution in [3.8, 4) is 0 Å². The zero-order valence-corrected chi connectivity index (χ0v) is 13.9. The third-order valence-electron chi connectivity index (χ3n) is 5.81. The van der Waals surface area contributed by atoms with Gasteiger partial charge in [-0.15, -0.1) is 0 Å². The Morgan fingerprint density at radius 1 is 1.09 bits per heavy atom. The Labute approximate surface area is 142 Å². The maximum absolute atomic E-state index is 12.7. The first-order valence-electron chi connectivity index (χ1n) is 8.01. The van der Waals surface area contributed by atoms with E-state index in [0.717, 1.165) is 15.0 Å². The summed E-state index contributed by atoms with van der Waals surface area (Å²) in [6.45, 7) is 0. The molecule has 0 aromatic heterocycles. The van der Waals surface area contributed by atoms with Crippen molar-refractivity contribution in [2.75, 3.05) is 0 Å². The highest BCUT2D eigenvalue weighted by Crippen LogP contribution is 2.65. The molecule has 0 spiro atoms. The van der Waals surface area contributed by atoms with E-state index in [9.17, 15) is 9.59 Å². The van der Waals surface area contributed by atoms with Gasteiger partial charge in [-0.25, -0.2) is 0 Å². The minimum atomic E-state index is -0.180. The van der Waals surface area contributed by atoms with Gasteiger partial charge >= 0.3 is 0 Å². The van der Waals surface area contributed by atoms with Gasteiger partial charge in [0.05, 0.1) is 18.1 Å². The zero-order chi connectivity index (χ0) is 15.7. The van der Waals surface area contributed by atoms with Gasteiger partial charge in [-0.1, -0.05) is 40.2 Å². The summed E-state index contributed by atoms with van der Waals surface area (Å²) in [7, 11) is 0.